The molecule has 52 heavy (non-hydrogen) atoms. The molecule has 0 amide bonds. The van der Waals surface area contributed by atoms with Crippen LogP contribution in [-0.4, -0.2) is 13.7 Å². The Morgan fingerprint density at radius 3 is 1.38 bits per heavy atom. The highest BCUT2D eigenvalue weighted by Crippen LogP contribution is 2.45. The molecule has 0 saturated carbocycles. The lowest BCUT2D eigenvalue weighted by atomic mass is 10.1. The highest BCUT2D eigenvalue weighted by Gasteiger charge is 2.27. The second-order valence-electron chi connectivity index (χ2n) is 14.8. The van der Waals surface area contributed by atoms with Gasteiger partial charge in [0.15, 0.2) is 0 Å². The van der Waals surface area contributed by atoms with Crippen molar-refractivity contribution < 1.29 is 0 Å². The lowest BCUT2D eigenvalue weighted by molar-refractivity contribution is 0.567. The van der Waals surface area contributed by atoms with Crippen LogP contribution in [0.3, 0.4) is 0 Å². The largest absolute Gasteiger partial charge is 0.337 e. The maximum absolute atomic E-state index is 2.73. The fraction of sp³-hybridized carbons (Fsp3) is 0.362. The molecule has 0 unspecified atom stereocenters. The summed E-state index contributed by atoms with van der Waals surface area (Å²) in [5, 5.41) is 7.11. The van der Waals surface area contributed by atoms with E-state index in [4.69, 9.17) is 0 Å². The third kappa shape index (κ3) is 6.67. The summed E-state index contributed by atoms with van der Waals surface area (Å²) in [5.41, 5.74) is 13.4. The van der Waals surface area contributed by atoms with Crippen molar-refractivity contribution in [3.05, 3.63) is 101 Å². The third-order valence-electron chi connectivity index (χ3n) is 11.1. The van der Waals surface area contributed by atoms with Crippen LogP contribution in [0, 0.1) is 6.92 Å². The van der Waals surface area contributed by atoms with Crippen molar-refractivity contribution >= 4 is 66.5 Å². The van der Waals surface area contributed by atoms with E-state index in [-0.39, 0.29) is 0 Å². The van der Waals surface area contributed by atoms with E-state index in [0.717, 1.165) is 13.1 Å². The molecule has 5 aromatic heterocycles. The summed E-state index contributed by atoms with van der Waals surface area (Å²) in [6.07, 6.45) is 15.5. The number of hydrogen-bond acceptors (Lipinski definition) is 2. The topological polar surface area (TPSA) is 14.8 Å². The Morgan fingerprint density at radius 2 is 0.942 bits per heavy atom. The summed E-state index contributed by atoms with van der Waals surface area (Å²) in [6, 6.07) is 32.6. The van der Waals surface area contributed by atoms with Crippen molar-refractivity contribution in [3.8, 4) is 26.6 Å². The second kappa shape index (κ2) is 15.9. The first kappa shape index (κ1) is 35.0. The number of thiophene rings is 2. The number of unbranched alkanes of at least 4 members (excludes halogenated alkanes) is 10. The van der Waals surface area contributed by atoms with Gasteiger partial charge in [0, 0.05) is 39.3 Å². The number of aromatic nitrogens is 3. The van der Waals surface area contributed by atoms with Gasteiger partial charge in [0.05, 0.1) is 33.1 Å². The van der Waals surface area contributed by atoms with Crippen molar-refractivity contribution in [1.29, 1.82) is 0 Å². The average Bonchev–Trinajstić information content (AvgIpc) is 4.01. The first-order valence-corrected chi connectivity index (χ1v) is 21.7. The summed E-state index contributed by atoms with van der Waals surface area (Å²) in [4.78, 5) is 2.67. The maximum atomic E-state index is 2.73. The standard InChI is InChI=1S/C47H53N3S2/c1-4-6-8-10-12-14-28-48-40-32-35(42-18-16-30-51-42)22-26-38(40)44-46(48)47-45(50(44)37-24-20-34(3)21-25-37)39-27-23-36(43-19-17-31-52-43)33-41(39)49(47)29-15-13-11-9-7-5-2/h16-27,30-33H,4-15,28-29H2,1-3H3. The van der Waals surface area contributed by atoms with E-state index in [1.54, 1.807) is 0 Å². The lowest BCUT2D eigenvalue weighted by Gasteiger charge is -2.11. The van der Waals surface area contributed by atoms with E-state index in [1.807, 2.05) is 22.7 Å². The van der Waals surface area contributed by atoms with Crippen LogP contribution < -0.4 is 0 Å². The molecule has 0 fully saturated rings. The summed E-state index contributed by atoms with van der Waals surface area (Å²) in [6.45, 7) is 8.89. The summed E-state index contributed by atoms with van der Waals surface area (Å²) >= 11 is 3.67. The Labute approximate surface area is 317 Å². The van der Waals surface area contributed by atoms with E-state index in [1.165, 1.54) is 153 Å². The molecule has 0 radical (unpaired) electrons. The monoisotopic (exact) mass is 723 g/mol. The molecule has 0 N–H and O–H groups in total. The van der Waals surface area contributed by atoms with Crippen LogP contribution in [0.25, 0.3) is 70.4 Å². The molecule has 0 aliphatic rings. The molecule has 0 bridgehead atoms. The molecular formula is C47H53N3S2. The number of aryl methyl sites for hydroxylation is 3. The molecule has 8 aromatic rings. The van der Waals surface area contributed by atoms with Gasteiger partial charge in [-0.1, -0.05) is 132 Å². The highest BCUT2D eigenvalue weighted by molar-refractivity contribution is 7.13. The van der Waals surface area contributed by atoms with E-state index in [0.29, 0.717) is 0 Å². The molecule has 3 nitrogen and oxygen atoms in total. The molecule has 0 saturated heterocycles. The van der Waals surface area contributed by atoms with Crippen molar-refractivity contribution in [3.63, 3.8) is 0 Å². The number of benzene rings is 3. The fourth-order valence-corrected chi connectivity index (χ4v) is 9.86. The Bertz CT molecular complexity index is 2230. The maximum Gasteiger partial charge on any atom is 0.0926 e. The predicted molar refractivity (Wildman–Crippen MR) is 230 cm³/mol. The van der Waals surface area contributed by atoms with Crippen molar-refractivity contribution in [2.24, 2.45) is 0 Å². The van der Waals surface area contributed by atoms with Crippen LogP contribution in [0.15, 0.2) is 95.7 Å². The first-order chi connectivity index (χ1) is 25.7. The van der Waals surface area contributed by atoms with Crippen LogP contribution in [0.4, 0.5) is 0 Å². The Balaban J connectivity index is 1.41. The molecule has 5 heterocycles. The third-order valence-corrected chi connectivity index (χ3v) is 13.0. The van der Waals surface area contributed by atoms with Crippen LogP contribution in [0.5, 0.6) is 0 Å². The highest BCUT2D eigenvalue weighted by atomic mass is 32.1. The minimum Gasteiger partial charge on any atom is -0.337 e. The van der Waals surface area contributed by atoms with Crippen molar-refractivity contribution in [2.75, 3.05) is 0 Å². The molecule has 0 atom stereocenters. The molecule has 8 rings (SSSR count). The minimum absolute atomic E-state index is 1.03. The van der Waals surface area contributed by atoms with Gasteiger partial charge < -0.3 is 13.7 Å². The number of hydrogen-bond donors (Lipinski definition) is 0. The zero-order valence-corrected chi connectivity index (χ0v) is 32.9. The quantitative estimate of drug-likeness (QED) is 0.0831. The van der Waals surface area contributed by atoms with Gasteiger partial charge in [-0.2, -0.15) is 0 Å². The van der Waals surface area contributed by atoms with Gasteiger partial charge in [0.1, 0.15) is 0 Å². The molecule has 0 aliphatic carbocycles. The zero-order valence-electron chi connectivity index (χ0n) is 31.3. The lowest BCUT2D eigenvalue weighted by Crippen LogP contribution is -2.02. The van der Waals surface area contributed by atoms with Gasteiger partial charge in [-0.25, -0.2) is 0 Å². The Morgan fingerprint density at radius 1 is 0.481 bits per heavy atom. The van der Waals surface area contributed by atoms with Gasteiger partial charge in [-0.05, 0) is 78.1 Å². The van der Waals surface area contributed by atoms with E-state index in [9.17, 15) is 0 Å². The summed E-state index contributed by atoms with van der Waals surface area (Å²) < 4.78 is 8.08. The molecule has 268 valence electrons. The van der Waals surface area contributed by atoms with Crippen LogP contribution >= 0.6 is 22.7 Å². The molecule has 0 spiro atoms. The number of rotatable bonds is 17. The molecular weight excluding hydrogens is 671 g/mol. The van der Waals surface area contributed by atoms with Gasteiger partial charge in [0.2, 0.25) is 0 Å². The average molecular weight is 724 g/mol. The van der Waals surface area contributed by atoms with Gasteiger partial charge in [-0.3, -0.25) is 0 Å². The number of fused-ring (bicyclic) bond motifs is 7. The van der Waals surface area contributed by atoms with Crippen LogP contribution in [0.1, 0.15) is 96.5 Å². The van der Waals surface area contributed by atoms with E-state index < -0.39 is 0 Å². The minimum atomic E-state index is 1.03. The normalized spacial score (nSPS) is 12.1. The second-order valence-corrected chi connectivity index (χ2v) is 16.7. The number of nitrogens with zero attached hydrogens (tertiary/aromatic N) is 3. The first-order valence-electron chi connectivity index (χ1n) is 19.9. The van der Waals surface area contributed by atoms with Gasteiger partial charge >= 0.3 is 0 Å². The Kier molecular flexibility index (Phi) is 10.7. The smallest absolute Gasteiger partial charge is 0.0926 e. The summed E-state index contributed by atoms with van der Waals surface area (Å²) in [7, 11) is 0. The van der Waals surface area contributed by atoms with Crippen LogP contribution in [-0.2, 0) is 13.1 Å². The van der Waals surface area contributed by atoms with Gasteiger partial charge in [-0.15, -0.1) is 22.7 Å². The molecule has 0 aliphatic heterocycles. The van der Waals surface area contributed by atoms with Crippen molar-refractivity contribution in [1.82, 2.24) is 13.7 Å². The van der Waals surface area contributed by atoms with E-state index in [2.05, 4.69) is 130 Å². The summed E-state index contributed by atoms with van der Waals surface area (Å²) in [5.74, 6) is 0. The fourth-order valence-electron chi connectivity index (χ4n) is 8.42. The zero-order chi connectivity index (χ0) is 35.4. The molecule has 5 heteroatoms. The Hall–Kier alpha value is -4.06. The van der Waals surface area contributed by atoms with E-state index >= 15 is 0 Å². The SMILES string of the molecule is CCCCCCCCn1c2cc(-c3cccs3)ccc2c2c1c1c(c3ccc(-c4cccs4)cc3n1CCCCCCCC)n2-c1ccc(C)cc1. The van der Waals surface area contributed by atoms with Crippen LogP contribution in [0.2, 0.25) is 0 Å². The predicted octanol–water partition coefficient (Wildman–Crippen LogP) is 15.2. The van der Waals surface area contributed by atoms with Crippen molar-refractivity contribution in [2.45, 2.75) is 111 Å². The van der Waals surface area contributed by atoms with Gasteiger partial charge in [0.25, 0.3) is 0 Å². The molecule has 3 aromatic carbocycles.